The van der Waals surface area contributed by atoms with E-state index in [4.69, 9.17) is 27.9 Å². The summed E-state index contributed by atoms with van der Waals surface area (Å²) >= 11 is 11.9. The summed E-state index contributed by atoms with van der Waals surface area (Å²) in [6.45, 7) is 3.77. The molecule has 3 rings (SSSR count). The van der Waals surface area contributed by atoms with E-state index in [1.807, 2.05) is 30.3 Å². The first-order chi connectivity index (χ1) is 14.3. The average molecular weight is 468 g/mol. The van der Waals surface area contributed by atoms with E-state index < -0.39 is 15.8 Å². The summed E-state index contributed by atoms with van der Waals surface area (Å²) in [4.78, 5) is 14.6. The van der Waals surface area contributed by atoms with Crippen molar-refractivity contribution in [3.8, 4) is 0 Å². The fourth-order valence-corrected chi connectivity index (χ4v) is 5.44. The third-order valence-corrected chi connectivity index (χ3v) is 7.13. The third kappa shape index (κ3) is 5.64. The van der Waals surface area contributed by atoms with Crippen molar-refractivity contribution in [2.75, 3.05) is 19.7 Å². The Hall–Kier alpha value is -1.86. The molecule has 0 N–H and O–H groups in total. The molecule has 0 amide bonds. The highest BCUT2D eigenvalue weighted by molar-refractivity contribution is 7.94. The van der Waals surface area contributed by atoms with Crippen LogP contribution < -0.4 is 0 Å². The molecule has 0 aliphatic carbocycles. The van der Waals surface area contributed by atoms with Gasteiger partial charge in [-0.25, -0.2) is 8.42 Å². The standard InChI is InChI=1S/C22H23Cl2NO4S/c1-2-29-22(26)19-15-25(13-16-6-4-3-5-7-16)14-17(19)10-11-30(27,28)21-9-8-18(23)12-20(21)24/h3-12,17,19H,2,13-15H2,1H3/b11-10+/t17-,19-/m1/s1. The molecule has 0 saturated carbocycles. The topological polar surface area (TPSA) is 63.7 Å². The minimum Gasteiger partial charge on any atom is -0.466 e. The molecule has 160 valence electrons. The van der Waals surface area contributed by atoms with Crippen molar-refractivity contribution in [1.82, 2.24) is 4.90 Å². The van der Waals surface area contributed by atoms with Gasteiger partial charge >= 0.3 is 5.97 Å². The van der Waals surface area contributed by atoms with Gasteiger partial charge in [0.25, 0.3) is 0 Å². The van der Waals surface area contributed by atoms with Gasteiger partial charge in [-0.15, -0.1) is 0 Å². The zero-order valence-corrected chi connectivity index (χ0v) is 18.8. The molecule has 1 heterocycles. The van der Waals surface area contributed by atoms with Crippen molar-refractivity contribution >= 4 is 39.0 Å². The van der Waals surface area contributed by atoms with E-state index in [0.717, 1.165) is 11.0 Å². The predicted octanol–water partition coefficient (Wildman–Crippen LogP) is 4.59. The summed E-state index contributed by atoms with van der Waals surface area (Å²) in [6, 6.07) is 14.2. The van der Waals surface area contributed by atoms with Crippen molar-refractivity contribution in [3.05, 3.63) is 75.6 Å². The van der Waals surface area contributed by atoms with Gasteiger partial charge in [-0.1, -0.05) is 59.6 Å². The van der Waals surface area contributed by atoms with Crippen LogP contribution in [0.2, 0.25) is 10.0 Å². The number of carbonyl (C=O) groups excluding carboxylic acids is 1. The molecular weight excluding hydrogens is 445 g/mol. The highest BCUT2D eigenvalue weighted by Crippen LogP contribution is 2.30. The lowest BCUT2D eigenvalue weighted by atomic mass is 9.96. The molecule has 2 atom stereocenters. The van der Waals surface area contributed by atoms with Gasteiger partial charge < -0.3 is 4.74 Å². The zero-order valence-electron chi connectivity index (χ0n) is 16.5. The Morgan fingerprint density at radius 3 is 2.57 bits per heavy atom. The van der Waals surface area contributed by atoms with Gasteiger partial charge in [0.1, 0.15) is 0 Å². The molecule has 1 fully saturated rings. The van der Waals surface area contributed by atoms with E-state index >= 15 is 0 Å². The number of sulfone groups is 1. The molecule has 0 radical (unpaired) electrons. The van der Waals surface area contributed by atoms with Crippen molar-refractivity contribution in [2.45, 2.75) is 18.4 Å². The molecule has 0 bridgehead atoms. The number of hydrogen-bond donors (Lipinski definition) is 0. The van der Waals surface area contributed by atoms with Gasteiger partial charge in [0.05, 0.1) is 22.4 Å². The van der Waals surface area contributed by atoms with E-state index in [0.29, 0.717) is 24.7 Å². The molecule has 8 heteroatoms. The Labute approximate surface area is 187 Å². The molecule has 30 heavy (non-hydrogen) atoms. The van der Waals surface area contributed by atoms with Crippen LogP contribution in [0.1, 0.15) is 12.5 Å². The van der Waals surface area contributed by atoms with Crippen LogP contribution in [0.3, 0.4) is 0 Å². The lowest BCUT2D eigenvalue weighted by Crippen LogP contribution is -2.25. The maximum atomic E-state index is 12.8. The highest BCUT2D eigenvalue weighted by Gasteiger charge is 2.37. The molecule has 2 aromatic rings. The lowest BCUT2D eigenvalue weighted by molar-refractivity contribution is -0.148. The second kappa shape index (κ2) is 9.96. The molecule has 1 aliphatic heterocycles. The first-order valence-electron chi connectivity index (χ1n) is 9.61. The SMILES string of the molecule is CCOC(=O)[C@@H]1CN(Cc2ccccc2)C[C@H]1/C=C/S(=O)(=O)c1ccc(Cl)cc1Cl. The number of likely N-dealkylation sites (tertiary alicyclic amines) is 1. The van der Waals surface area contributed by atoms with E-state index in [1.54, 1.807) is 13.0 Å². The molecule has 0 spiro atoms. The number of nitrogens with zero attached hydrogens (tertiary/aromatic N) is 1. The molecule has 1 saturated heterocycles. The lowest BCUT2D eigenvalue weighted by Gasteiger charge is -2.15. The Morgan fingerprint density at radius 2 is 1.90 bits per heavy atom. The maximum Gasteiger partial charge on any atom is 0.310 e. The monoisotopic (exact) mass is 467 g/mol. The van der Waals surface area contributed by atoms with E-state index in [2.05, 4.69) is 4.90 Å². The minimum absolute atomic E-state index is 0.0170. The quantitative estimate of drug-likeness (QED) is 0.557. The van der Waals surface area contributed by atoms with Crippen molar-refractivity contribution < 1.29 is 17.9 Å². The maximum absolute atomic E-state index is 12.8. The van der Waals surface area contributed by atoms with Crippen LogP contribution in [0.4, 0.5) is 0 Å². The number of ether oxygens (including phenoxy) is 1. The normalized spacial score (nSPS) is 20.0. The summed E-state index contributed by atoms with van der Waals surface area (Å²) < 4.78 is 30.7. The van der Waals surface area contributed by atoms with E-state index in [9.17, 15) is 13.2 Å². The number of hydrogen-bond acceptors (Lipinski definition) is 5. The van der Waals surface area contributed by atoms with Crippen molar-refractivity contribution in [2.24, 2.45) is 11.8 Å². The first-order valence-corrected chi connectivity index (χ1v) is 11.9. The summed E-state index contributed by atoms with van der Waals surface area (Å²) in [5.74, 6) is -1.03. The van der Waals surface area contributed by atoms with Crippen LogP contribution in [0.15, 0.2) is 64.9 Å². The second-order valence-corrected chi connectivity index (χ2v) is 9.80. The van der Waals surface area contributed by atoms with Crippen LogP contribution in [0, 0.1) is 11.8 Å². The summed E-state index contributed by atoms with van der Waals surface area (Å²) in [7, 11) is -3.77. The number of rotatable bonds is 7. The zero-order chi connectivity index (χ0) is 21.7. The van der Waals surface area contributed by atoms with Crippen LogP contribution in [0.5, 0.6) is 0 Å². The van der Waals surface area contributed by atoms with Crippen molar-refractivity contribution in [1.29, 1.82) is 0 Å². The fraction of sp³-hybridized carbons (Fsp3) is 0.318. The number of benzene rings is 2. The average Bonchev–Trinajstić information content (AvgIpc) is 3.10. The fourth-order valence-electron chi connectivity index (χ4n) is 3.56. The first kappa shape index (κ1) is 22.8. The van der Waals surface area contributed by atoms with Crippen LogP contribution in [0.25, 0.3) is 0 Å². The van der Waals surface area contributed by atoms with Gasteiger partial charge in [-0.2, -0.15) is 0 Å². The molecule has 2 aromatic carbocycles. The van der Waals surface area contributed by atoms with Crippen LogP contribution >= 0.6 is 23.2 Å². The number of esters is 1. The van der Waals surface area contributed by atoms with Gasteiger partial charge in [0.15, 0.2) is 0 Å². The van der Waals surface area contributed by atoms with Gasteiger partial charge in [-0.05, 0) is 30.7 Å². The largest absolute Gasteiger partial charge is 0.466 e. The Balaban J connectivity index is 1.80. The molecule has 0 unspecified atom stereocenters. The smallest absolute Gasteiger partial charge is 0.310 e. The Bertz CT molecular complexity index is 1020. The Kier molecular flexibility index (Phi) is 7.58. The van der Waals surface area contributed by atoms with Crippen LogP contribution in [-0.2, 0) is 25.9 Å². The summed E-state index contributed by atoms with van der Waals surface area (Å²) in [5.41, 5.74) is 1.13. The minimum atomic E-state index is -3.77. The predicted molar refractivity (Wildman–Crippen MR) is 118 cm³/mol. The van der Waals surface area contributed by atoms with E-state index in [-0.39, 0.29) is 28.4 Å². The van der Waals surface area contributed by atoms with E-state index in [1.165, 1.54) is 18.2 Å². The molecule has 5 nitrogen and oxygen atoms in total. The van der Waals surface area contributed by atoms with Crippen molar-refractivity contribution in [3.63, 3.8) is 0 Å². The Morgan fingerprint density at radius 1 is 1.17 bits per heavy atom. The molecular formula is C22H23Cl2NO4S. The van der Waals surface area contributed by atoms with Gasteiger partial charge in [-0.3, -0.25) is 9.69 Å². The third-order valence-electron chi connectivity index (χ3n) is 4.98. The highest BCUT2D eigenvalue weighted by atomic mass is 35.5. The van der Waals surface area contributed by atoms with Gasteiger partial charge in [0.2, 0.25) is 9.84 Å². The molecule has 1 aliphatic rings. The molecule has 0 aromatic heterocycles. The van der Waals surface area contributed by atoms with Gasteiger partial charge in [0, 0.05) is 36.0 Å². The second-order valence-electron chi connectivity index (χ2n) is 7.15. The number of halogens is 2. The number of carbonyl (C=O) groups is 1. The van der Waals surface area contributed by atoms with Crippen LogP contribution in [-0.4, -0.2) is 39.0 Å². The summed E-state index contributed by atoms with van der Waals surface area (Å²) in [5, 5.41) is 1.55. The summed E-state index contributed by atoms with van der Waals surface area (Å²) in [6.07, 6.45) is 1.58.